The van der Waals surface area contributed by atoms with Gasteiger partial charge in [0.2, 0.25) is 5.91 Å². The van der Waals surface area contributed by atoms with Gasteiger partial charge in [-0.25, -0.2) is 4.39 Å². The maximum absolute atomic E-state index is 14.0. The van der Waals surface area contributed by atoms with Crippen LogP contribution in [0.15, 0.2) is 78.9 Å². The van der Waals surface area contributed by atoms with Crippen LogP contribution >= 0.6 is 11.6 Å². The molecule has 3 aromatic rings. The Balaban J connectivity index is 1.92. The Hall–Kier alpha value is -3.38. The molecule has 0 aliphatic heterocycles. The molecule has 2 amide bonds. The SMILES string of the molecule is CC(C)NC(=O)[C@H](Cc1ccccc1)N(Cc1cccc(Cl)c1)C(=O)COc1ccccc1F. The summed E-state index contributed by atoms with van der Waals surface area (Å²) in [5.74, 6) is -1.30. The largest absolute Gasteiger partial charge is 0.481 e. The number of carbonyl (C=O) groups is 2. The van der Waals surface area contributed by atoms with Crippen LogP contribution in [0.5, 0.6) is 5.75 Å². The van der Waals surface area contributed by atoms with E-state index in [1.54, 1.807) is 30.3 Å². The van der Waals surface area contributed by atoms with Crippen LogP contribution in [0.3, 0.4) is 0 Å². The molecule has 0 spiro atoms. The Morgan fingerprint density at radius 1 is 0.971 bits per heavy atom. The lowest BCUT2D eigenvalue weighted by molar-refractivity contribution is -0.143. The first-order valence-corrected chi connectivity index (χ1v) is 11.5. The van der Waals surface area contributed by atoms with Gasteiger partial charge in [-0.15, -0.1) is 0 Å². The smallest absolute Gasteiger partial charge is 0.261 e. The number of rotatable bonds is 10. The summed E-state index contributed by atoms with van der Waals surface area (Å²) in [5.41, 5.74) is 1.67. The number of hydrogen-bond donors (Lipinski definition) is 1. The van der Waals surface area contributed by atoms with Crippen molar-refractivity contribution >= 4 is 23.4 Å². The zero-order chi connectivity index (χ0) is 24.5. The molecule has 0 aliphatic rings. The van der Waals surface area contributed by atoms with Crippen molar-refractivity contribution in [3.05, 3.63) is 101 Å². The number of hydrogen-bond acceptors (Lipinski definition) is 3. The Bertz CT molecular complexity index is 1110. The zero-order valence-electron chi connectivity index (χ0n) is 19.2. The molecule has 0 saturated heterocycles. The van der Waals surface area contributed by atoms with E-state index in [1.165, 1.54) is 17.0 Å². The lowest BCUT2D eigenvalue weighted by atomic mass is 10.0. The van der Waals surface area contributed by atoms with E-state index < -0.39 is 24.4 Å². The first-order valence-electron chi connectivity index (χ1n) is 11.1. The van der Waals surface area contributed by atoms with Gasteiger partial charge in [0, 0.05) is 24.0 Å². The normalized spacial score (nSPS) is 11.7. The maximum Gasteiger partial charge on any atom is 0.261 e. The molecular weight excluding hydrogens is 455 g/mol. The molecule has 0 unspecified atom stereocenters. The standard InChI is InChI=1S/C27H28ClFN2O3/c1-19(2)30-27(33)24(16-20-9-4-3-5-10-20)31(17-21-11-8-12-22(28)15-21)26(32)18-34-25-14-7-6-13-23(25)29/h3-15,19,24H,16-18H2,1-2H3,(H,30,33)/t24-/m0/s1. The van der Waals surface area contributed by atoms with Gasteiger partial charge in [-0.05, 0) is 49.2 Å². The zero-order valence-corrected chi connectivity index (χ0v) is 20.0. The molecule has 0 aromatic heterocycles. The molecule has 0 radical (unpaired) electrons. The molecule has 0 bridgehead atoms. The van der Waals surface area contributed by atoms with E-state index in [2.05, 4.69) is 5.32 Å². The van der Waals surface area contributed by atoms with Crippen molar-refractivity contribution in [2.45, 2.75) is 38.9 Å². The molecule has 34 heavy (non-hydrogen) atoms. The van der Waals surface area contributed by atoms with E-state index in [4.69, 9.17) is 16.3 Å². The van der Waals surface area contributed by atoms with Gasteiger partial charge < -0.3 is 15.0 Å². The average molecular weight is 483 g/mol. The van der Waals surface area contributed by atoms with Gasteiger partial charge in [0.15, 0.2) is 18.2 Å². The minimum Gasteiger partial charge on any atom is -0.481 e. The van der Waals surface area contributed by atoms with Crippen LogP contribution < -0.4 is 10.1 Å². The number of para-hydroxylation sites is 1. The van der Waals surface area contributed by atoms with Crippen LogP contribution in [0.4, 0.5) is 4.39 Å². The van der Waals surface area contributed by atoms with Crippen molar-refractivity contribution in [1.29, 1.82) is 0 Å². The molecule has 1 atom stereocenters. The second kappa shape index (κ2) is 12.2. The predicted octanol–water partition coefficient (Wildman–Crippen LogP) is 5.02. The molecule has 0 fully saturated rings. The summed E-state index contributed by atoms with van der Waals surface area (Å²) in [5, 5.41) is 3.45. The molecule has 178 valence electrons. The number of amides is 2. The summed E-state index contributed by atoms with van der Waals surface area (Å²) < 4.78 is 19.5. The molecule has 3 aromatic carbocycles. The van der Waals surface area contributed by atoms with Crippen LogP contribution in [0.1, 0.15) is 25.0 Å². The van der Waals surface area contributed by atoms with Crippen LogP contribution in [0.2, 0.25) is 5.02 Å². The van der Waals surface area contributed by atoms with Crippen molar-refractivity contribution in [2.75, 3.05) is 6.61 Å². The fourth-order valence-electron chi connectivity index (χ4n) is 3.55. The van der Waals surface area contributed by atoms with Gasteiger partial charge in [0.25, 0.3) is 5.91 Å². The van der Waals surface area contributed by atoms with Crippen LogP contribution in [0, 0.1) is 5.82 Å². The molecule has 0 saturated carbocycles. The van der Waals surface area contributed by atoms with E-state index in [-0.39, 0.29) is 24.2 Å². The number of carbonyl (C=O) groups excluding carboxylic acids is 2. The van der Waals surface area contributed by atoms with Gasteiger partial charge >= 0.3 is 0 Å². The fourth-order valence-corrected chi connectivity index (χ4v) is 3.76. The molecule has 1 N–H and O–H groups in total. The van der Waals surface area contributed by atoms with Gasteiger partial charge in [-0.3, -0.25) is 9.59 Å². The van der Waals surface area contributed by atoms with Gasteiger partial charge in [-0.1, -0.05) is 66.2 Å². The highest BCUT2D eigenvalue weighted by atomic mass is 35.5. The van der Waals surface area contributed by atoms with Crippen molar-refractivity contribution in [3.8, 4) is 5.75 Å². The van der Waals surface area contributed by atoms with Gasteiger partial charge in [0.05, 0.1) is 0 Å². The number of benzene rings is 3. The lowest BCUT2D eigenvalue weighted by Gasteiger charge is -2.32. The second-order valence-corrected chi connectivity index (χ2v) is 8.68. The van der Waals surface area contributed by atoms with Gasteiger partial charge in [-0.2, -0.15) is 0 Å². The molecular formula is C27H28ClFN2O3. The van der Waals surface area contributed by atoms with E-state index in [9.17, 15) is 14.0 Å². The average Bonchev–Trinajstić information content (AvgIpc) is 2.81. The monoisotopic (exact) mass is 482 g/mol. The quantitative estimate of drug-likeness (QED) is 0.441. The number of halogens is 2. The minimum atomic E-state index is -0.805. The summed E-state index contributed by atoms with van der Waals surface area (Å²) in [7, 11) is 0. The Morgan fingerprint density at radius 2 is 1.65 bits per heavy atom. The summed E-state index contributed by atoms with van der Waals surface area (Å²) in [4.78, 5) is 28.1. The Morgan fingerprint density at radius 3 is 2.32 bits per heavy atom. The lowest BCUT2D eigenvalue weighted by Crippen LogP contribution is -2.52. The summed E-state index contributed by atoms with van der Waals surface area (Å²) in [6, 6.07) is 21.6. The predicted molar refractivity (Wildman–Crippen MR) is 131 cm³/mol. The van der Waals surface area contributed by atoms with Crippen LogP contribution in [0.25, 0.3) is 0 Å². The third kappa shape index (κ3) is 7.32. The van der Waals surface area contributed by atoms with Crippen molar-refractivity contribution in [3.63, 3.8) is 0 Å². The fraction of sp³-hybridized carbons (Fsp3) is 0.259. The van der Waals surface area contributed by atoms with E-state index >= 15 is 0 Å². The molecule has 0 aliphatic carbocycles. The van der Waals surface area contributed by atoms with Gasteiger partial charge in [0.1, 0.15) is 6.04 Å². The topological polar surface area (TPSA) is 58.6 Å². The van der Waals surface area contributed by atoms with E-state index in [1.807, 2.05) is 50.2 Å². The first-order chi connectivity index (χ1) is 16.3. The third-order valence-corrected chi connectivity index (χ3v) is 5.37. The molecule has 3 rings (SSSR count). The summed E-state index contributed by atoms with van der Waals surface area (Å²) in [6.45, 7) is 3.45. The van der Waals surface area contributed by atoms with Crippen LogP contribution in [-0.2, 0) is 22.6 Å². The second-order valence-electron chi connectivity index (χ2n) is 8.24. The highest BCUT2D eigenvalue weighted by Gasteiger charge is 2.31. The van der Waals surface area contributed by atoms with Crippen molar-refractivity contribution in [2.24, 2.45) is 0 Å². The number of nitrogens with zero attached hydrogens (tertiary/aromatic N) is 1. The maximum atomic E-state index is 14.0. The summed E-state index contributed by atoms with van der Waals surface area (Å²) in [6.07, 6.45) is 0.311. The highest BCUT2D eigenvalue weighted by Crippen LogP contribution is 2.19. The third-order valence-electron chi connectivity index (χ3n) is 5.13. The van der Waals surface area contributed by atoms with Crippen molar-refractivity contribution in [1.82, 2.24) is 10.2 Å². The Kier molecular flexibility index (Phi) is 9.05. The molecule has 0 heterocycles. The summed E-state index contributed by atoms with van der Waals surface area (Å²) >= 11 is 6.16. The first kappa shape index (κ1) is 25.2. The molecule has 5 nitrogen and oxygen atoms in total. The van der Waals surface area contributed by atoms with E-state index in [0.29, 0.717) is 11.4 Å². The highest BCUT2D eigenvalue weighted by molar-refractivity contribution is 6.30. The number of ether oxygens (including phenoxy) is 1. The minimum absolute atomic E-state index is 0.0233. The number of nitrogens with one attached hydrogen (secondary N) is 1. The van der Waals surface area contributed by atoms with E-state index in [0.717, 1.165) is 11.1 Å². The Labute approximate surface area is 204 Å². The van der Waals surface area contributed by atoms with Crippen LogP contribution in [-0.4, -0.2) is 35.4 Å². The molecule has 7 heteroatoms. The van der Waals surface area contributed by atoms with Crippen molar-refractivity contribution < 1.29 is 18.7 Å².